The van der Waals surface area contributed by atoms with Gasteiger partial charge in [0.2, 0.25) is 0 Å². The number of hydrogen-bond donors (Lipinski definition) is 2. The molecule has 3 aliphatic rings. The van der Waals surface area contributed by atoms with Gasteiger partial charge in [-0.25, -0.2) is 0 Å². The first-order chi connectivity index (χ1) is 12.7. The van der Waals surface area contributed by atoms with Gasteiger partial charge in [-0.15, -0.1) is 0 Å². The number of aromatic amines is 1. The van der Waals surface area contributed by atoms with Gasteiger partial charge in [-0.3, -0.25) is 9.69 Å². The van der Waals surface area contributed by atoms with Crippen LogP contribution in [0.5, 0.6) is 0 Å². The minimum absolute atomic E-state index is 0.0600. The monoisotopic (exact) mass is 352 g/mol. The van der Waals surface area contributed by atoms with Gasteiger partial charge in [0, 0.05) is 29.7 Å². The molecule has 5 rings (SSSR count). The van der Waals surface area contributed by atoms with E-state index in [1.54, 1.807) is 0 Å². The van der Waals surface area contributed by atoms with Gasteiger partial charge >= 0.3 is 5.97 Å². The maximum atomic E-state index is 12.3. The fraction of sp³-hybridized carbons (Fsp3) is 0.476. The average molecular weight is 352 g/mol. The zero-order valence-corrected chi connectivity index (χ0v) is 14.9. The van der Waals surface area contributed by atoms with E-state index in [-0.39, 0.29) is 17.9 Å². The number of piperidine rings is 1. The molecule has 4 atom stereocenters. The molecule has 5 heteroatoms. The van der Waals surface area contributed by atoms with Crippen LogP contribution in [0.15, 0.2) is 35.9 Å². The Balaban J connectivity index is 1.55. The van der Waals surface area contributed by atoms with Gasteiger partial charge in [-0.2, -0.15) is 0 Å². The molecule has 2 N–H and O–H groups in total. The highest BCUT2D eigenvalue weighted by Gasteiger charge is 2.46. The summed E-state index contributed by atoms with van der Waals surface area (Å²) in [6, 6.07) is 8.75. The number of carbonyl (C=O) groups is 1. The van der Waals surface area contributed by atoms with E-state index in [0.717, 1.165) is 25.9 Å². The predicted octanol–water partition coefficient (Wildman–Crippen LogP) is 2.57. The van der Waals surface area contributed by atoms with Crippen molar-refractivity contribution in [3.63, 3.8) is 0 Å². The molecule has 1 fully saturated rings. The Morgan fingerprint density at radius 3 is 3.04 bits per heavy atom. The summed E-state index contributed by atoms with van der Waals surface area (Å²) in [6.07, 6.45) is 3.95. The molecule has 2 aliphatic heterocycles. The fourth-order valence-corrected chi connectivity index (χ4v) is 5.31. The van der Waals surface area contributed by atoms with Crippen molar-refractivity contribution >= 4 is 16.9 Å². The van der Waals surface area contributed by atoms with Crippen molar-refractivity contribution in [2.75, 3.05) is 20.2 Å². The van der Waals surface area contributed by atoms with Crippen LogP contribution >= 0.6 is 0 Å². The molecular formula is C21H24N2O3. The predicted molar refractivity (Wildman–Crippen MR) is 98.6 cm³/mol. The first-order valence-electron chi connectivity index (χ1n) is 9.45. The molecule has 1 saturated heterocycles. The van der Waals surface area contributed by atoms with E-state index in [4.69, 9.17) is 4.74 Å². The topological polar surface area (TPSA) is 65.6 Å². The number of ether oxygens (including phenoxy) is 1. The van der Waals surface area contributed by atoms with Crippen LogP contribution in [0.3, 0.4) is 0 Å². The number of aliphatic hydroxyl groups excluding tert-OH is 1. The standard InChI is InChI=1S/C21H24N2O3/c1-26-21(25)19-15-10-17-20-14(13-4-2-3-5-16(13)22-20)8-9-23(17)11-12(15)6-7-18(19)24/h2-6,15,17-19,22,24H,7-11H2,1H3. The number of methoxy groups -OCH3 is 1. The van der Waals surface area contributed by atoms with Crippen LogP contribution in [-0.4, -0.2) is 47.3 Å². The molecule has 1 aliphatic carbocycles. The maximum absolute atomic E-state index is 12.3. The Morgan fingerprint density at radius 2 is 2.19 bits per heavy atom. The van der Waals surface area contributed by atoms with Gasteiger partial charge in [0.1, 0.15) is 0 Å². The number of rotatable bonds is 1. The molecule has 5 nitrogen and oxygen atoms in total. The van der Waals surface area contributed by atoms with Crippen molar-refractivity contribution in [2.45, 2.75) is 31.4 Å². The van der Waals surface area contributed by atoms with Crippen LogP contribution < -0.4 is 0 Å². The van der Waals surface area contributed by atoms with Crippen molar-refractivity contribution < 1.29 is 14.6 Å². The van der Waals surface area contributed by atoms with Crippen LogP contribution in [-0.2, 0) is 16.0 Å². The Kier molecular flexibility index (Phi) is 3.69. The van der Waals surface area contributed by atoms with Crippen molar-refractivity contribution in [2.24, 2.45) is 11.8 Å². The van der Waals surface area contributed by atoms with Crippen molar-refractivity contribution in [3.8, 4) is 0 Å². The van der Waals surface area contributed by atoms with E-state index in [9.17, 15) is 9.90 Å². The number of aliphatic hydroxyl groups is 1. The molecule has 1 aromatic heterocycles. The molecule has 1 aromatic carbocycles. The number of carbonyl (C=O) groups excluding carboxylic acids is 1. The number of fused-ring (bicyclic) bond motifs is 6. The highest BCUT2D eigenvalue weighted by molar-refractivity contribution is 5.85. The molecular weight excluding hydrogens is 328 g/mol. The largest absolute Gasteiger partial charge is 0.469 e. The minimum Gasteiger partial charge on any atom is -0.469 e. The van der Waals surface area contributed by atoms with Gasteiger partial charge in [-0.05, 0) is 36.8 Å². The van der Waals surface area contributed by atoms with Crippen LogP contribution in [0.2, 0.25) is 0 Å². The van der Waals surface area contributed by atoms with Crippen LogP contribution in [0.25, 0.3) is 10.9 Å². The van der Waals surface area contributed by atoms with Crippen molar-refractivity contribution in [1.82, 2.24) is 9.88 Å². The van der Waals surface area contributed by atoms with Crippen molar-refractivity contribution in [3.05, 3.63) is 47.2 Å². The number of benzene rings is 1. The minimum atomic E-state index is -0.645. The number of aromatic nitrogens is 1. The van der Waals surface area contributed by atoms with E-state index in [1.165, 1.54) is 34.8 Å². The van der Waals surface area contributed by atoms with Gasteiger partial charge in [0.25, 0.3) is 0 Å². The van der Waals surface area contributed by atoms with E-state index in [0.29, 0.717) is 6.42 Å². The average Bonchev–Trinajstić information content (AvgIpc) is 3.05. The third-order valence-electron chi connectivity index (χ3n) is 6.55. The lowest BCUT2D eigenvalue weighted by atomic mass is 9.70. The zero-order valence-electron chi connectivity index (χ0n) is 14.9. The maximum Gasteiger partial charge on any atom is 0.311 e. The number of nitrogens with zero attached hydrogens (tertiary/aromatic N) is 1. The van der Waals surface area contributed by atoms with E-state index in [2.05, 4.69) is 40.2 Å². The molecule has 2 aromatic rings. The molecule has 3 heterocycles. The summed E-state index contributed by atoms with van der Waals surface area (Å²) in [4.78, 5) is 18.5. The summed E-state index contributed by atoms with van der Waals surface area (Å²) in [5.41, 5.74) is 5.19. The van der Waals surface area contributed by atoms with E-state index < -0.39 is 12.0 Å². The SMILES string of the molecule is COC(=O)C1C(O)CC=C2CN3CCc4c([nH]c5ccccc45)C3CC21. The molecule has 0 spiro atoms. The number of nitrogens with one attached hydrogen (secondary N) is 1. The Morgan fingerprint density at radius 1 is 1.35 bits per heavy atom. The lowest BCUT2D eigenvalue weighted by Crippen LogP contribution is -2.49. The van der Waals surface area contributed by atoms with Crippen LogP contribution in [0.4, 0.5) is 0 Å². The molecule has 136 valence electrons. The fourth-order valence-electron chi connectivity index (χ4n) is 5.31. The molecule has 0 saturated carbocycles. The number of esters is 1. The summed E-state index contributed by atoms with van der Waals surface area (Å²) in [6.45, 7) is 1.92. The molecule has 0 bridgehead atoms. The summed E-state index contributed by atoms with van der Waals surface area (Å²) in [5, 5.41) is 11.8. The van der Waals surface area contributed by atoms with Gasteiger partial charge in [0.05, 0.1) is 25.2 Å². The Bertz CT molecular complexity index is 900. The highest BCUT2D eigenvalue weighted by Crippen LogP contribution is 2.47. The molecule has 0 amide bonds. The smallest absolute Gasteiger partial charge is 0.311 e. The van der Waals surface area contributed by atoms with Crippen LogP contribution in [0, 0.1) is 11.8 Å². The second-order valence-corrected chi connectivity index (χ2v) is 7.77. The van der Waals surface area contributed by atoms with Crippen LogP contribution in [0.1, 0.15) is 30.1 Å². The van der Waals surface area contributed by atoms with Crippen molar-refractivity contribution in [1.29, 1.82) is 0 Å². The third kappa shape index (κ3) is 2.27. The Hall–Kier alpha value is -2.11. The molecule has 4 unspecified atom stereocenters. The number of para-hydroxylation sites is 1. The second-order valence-electron chi connectivity index (χ2n) is 7.77. The number of H-pyrrole nitrogens is 1. The third-order valence-corrected chi connectivity index (χ3v) is 6.55. The highest BCUT2D eigenvalue weighted by atomic mass is 16.5. The van der Waals surface area contributed by atoms with E-state index in [1.807, 2.05) is 0 Å². The number of hydrogen-bond acceptors (Lipinski definition) is 4. The summed E-state index contributed by atoms with van der Waals surface area (Å²) >= 11 is 0. The lowest BCUT2D eigenvalue weighted by Gasteiger charge is -2.47. The summed E-state index contributed by atoms with van der Waals surface area (Å²) in [7, 11) is 1.42. The normalized spacial score (nSPS) is 30.9. The molecule has 26 heavy (non-hydrogen) atoms. The van der Waals surface area contributed by atoms with Gasteiger partial charge in [0.15, 0.2) is 0 Å². The quantitative estimate of drug-likeness (QED) is 0.612. The summed E-state index contributed by atoms with van der Waals surface area (Å²) < 4.78 is 5.02. The summed E-state index contributed by atoms with van der Waals surface area (Å²) in [5.74, 6) is -0.670. The first kappa shape index (κ1) is 16.1. The van der Waals surface area contributed by atoms with E-state index >= 15 is 0 Å². The molecule has 0 radical (unpaired) electrons. The Labute approximate surface area is 152 Å². The zero-order chi connectivity index (χ0) is 17.8. The van der Waals surface area contributed by atoms with Gasteiger partial charge in [-0.1, -0.05) is 29.8 Å². The second kappa shape index (κ2) is 5.96. The first-order valence-corrected chi connectivity index (χ1v) is 9.45. The lowest BCUT2D eigenvalue weighted by molar-refractivity contribution is -0.153. The van der Waals surface area contributed by atoms with Gasteiger partial charge < -0.3 is 14.8 Å².